The number of aromatic amines is 1. The highest BCUT2D eigenvalue weighted by molar-refractivity contribution is 5.99. The van der Waals surface area contributed by atoms with Crippen LogP contribution in [0.15, 0.2) is 41.0 Å². The van der Waals surface area contributed by atoms with Crippen molar-refractivity contribution in [3.05, 3.63) is 47.9 Å². The van der Waals surface area contributed by atoms with Crippen molar-refractivity contribution in [1.82, 2.24) is 15.3 Å². The molecule has 0 bridgehead atoms. The fraction of sp³-hybridized carbons (Fsp3) is 0.133. The first kappa shape index (κ1) is 13.9. The van der Waals surface area contributed by atoms with E-state index in [-0.39, 0.29) is 18.4 Å². The number of nitrogens with zero attached hydrogens (tertiary/aromatic N) is 1. The van der Waals surface area contributed by atoms with E-state index in [9.17, 15) is 9.59 Å². The van der Waals surface area contributed by atoms with Crippen molar-refractivity contribution < 1.29 is 14.0 Å². The van der Waals surface area contributed by atoms with Gasteiger partial charge in [0.15, 0.2) is 0 Å². The largest absolute Gasteiger partial charge is 0.469 e. The first-order valence-corrected chi connectivity index (χ1v) is 6.70. The van der Waals surface area contributed by atoms with Gasteiger partial charge in [-0.25, -0.2) is 4.98 Å². The minimum atomic E-state index is -0.367. The molecular weight excluding hydrogens is 284 g/mol. The number of amides is 2. The maximum absolute atomic E-state index is 11.8. The molecule has 0 unspecified atom stereocenters. The molecule has 112 valence electrons. The van der Waals surface area contributed by atoms with Gasteiger partial charge in [0.25, 0.3) is 5.91 Å². The second kappa shape index (κ2) is 5.72. The smallest absolute Gasteiger partial charge is 0.255 e. The zero-order valence-electron chi connectivity index (χ0n) is 11.8. The third-order valence-electron chi connectivity index (χ3n) is 3.16. The van der Waals surface area contributed by atoms with E-state index in [0.29, 0.717) is 17.3 Å². The van der Waals surface area contributed by atoms with Crippen LogP contribution < -0.4 is 10.6 Å². The van der Waals surface area contributed by atoms with Crippen LogP contribution in [0, 0.1) is 6.92 Å². The summed E-state index contributed by atoms with van der Waals surface area (Å²) in [6.45, 7) is 1.53. The van der Waals surface area contributed by atoms with Crippen LogP contribution in [-0.2, 0) is 4.79 Å². The molecule has 0 saturated heterocycles. The molecule has 0 aliphatic rings. The lowest BCUT2D eigenvalue weighted by Gasteiger charge is -2.04. The molecule has 3 aromatic rings. The van der Waals surface area contributed by atoms with Gasteiger partial charge >= 0.3 is 0 Å². The Balaban J connectivity index is 1.58. The van der Waals surface area contributed by atoms with Crippen LogP contribution in [0.3, 0.4) is 0 Å². The molecule has 0 saturated carbocycles. The first-order chi connectivity index (χ1) is 10.6. The molecule has 7 nitrogen and oxygen atoms in total. The topological polar surface area (TPSA) is 100 Å². The van der Waals surface area contributed by atoms with Gasteiger partial charge < -0.3 is 14.7 Å². The summed E-state index contributed by atoms with van der Waals surface area (Å²) in [5.74, 6) is 0.134. The molecule has 0 aliphatic heterocycles. The molecule has 2 aromatic heterocycles. The third kappa shape index (κ3) is 2.83. The molecule has 0 spiro atoms. The number of aryl methyl sites for hydroxylation is 1. The Hall–Kier alpha value is -3.09. The molecule has 2 heterocycles. The second-order valence-corrected chi connectivity index (χ2v) is 4.72. The van der Waals surface area contributed by atoms with Gasteiger partial charge in [-0.1, -0.05) is 12.1 Å². The van der Waals surface area contributed by atoms with Crippen molar-refractivity contribution in [2.24, 2.45) is 0 Å². The van der Waals surface area contributed by atoms with Crippen LogP contribution in [0.25, 0.3) is 11.0 Å². The summed E-state index contributed by atoms with van der Waals surface area (Å²) in [5, 5.41) is 5.13. The van der Waals surface area contributed by atoms with Crippen molar-refractivity contribution in [3.63, 3.8) is 0 Å². The van der Waals surface area contributed by atoms with Crippen LogP contribution in [0.4, 0.5) is 5.95 Å². The van der Waals surface area contributed by atoms with Gasteiger partial charge in [-0.2, -0.15) is 0 Å². The van der Waals surface area contributed by atoms with E-state index < -0.39 is 0 Å². The maximum Gasteiger partial charge on any atom is 0.255 e. The van der Waals surface area contributed by atoms with Gasteiger partial charge in [0.05, 0.1) is 29.4 Å². The highest BCUT2D eigenvalue weighted by atomic mass is 16.3. The van der Waals surface area contributed by atoms with E-state index in [1.165, 1.54) is 6.26 Å². The predicted octanol–water partition coefficient (Wildman–Crippen LogP) is 1.83. The van der Waals surface area contributed by atoms with E-state index in [1.54, 1.807) is 13.0 Å². The molecule has 0 atom stereocenters. The first-order valence-electron chi connectivity index (χ1n) is 6.70. The Morgan fingerprint density at radius 3 is 2.82 bits per heavy atom. The highest BCUT2D eigenvalue weighted by Crippen LogP contribution is 2.13. The van der Waals surface area contributed by atoms with Gasteiger partial charge in [0, 0.05) is 0 Å². The zero-order chi connectivity index (χ0) is 15.5. The third-order valence-corrected chi connectivity index (χ3v) is 3.16. The summed E-state index contributed by atoms with van der Waals surface area (Å²) in [6, 6.07) is 9.00. The van der Waals surface area contributed by atoms with Crippen LogP contribution >= 0.6 is 0 Å². The van der Waals surface area contributed by atoms with E-state index in [2.05, 4.69) is 20.6 Å². The molecule has 7 heteroatoms. The molecule has 3 N–H and O–H groups in total. The quantitative estimate of drug-likeness (QED) is 0.684. The average molecular weight is 298 g/mol. The number of rotatable bonds is 4. The number of aromatic nitrogens is 2. The van der Waals surface area contributed by atoms with Gasteiger partial charge in [0.2, 0.25) is 11.9 Å². The number of imidazole rings is 1. The molecule has 22 heavy (non-hydrogen) atoms. The van der Waals surface area contributed by atoms with Crippen molar-refractivity contribution in [3.8, 4) is 0 Å². The van der Waals surface area contributed by atoms with Crippen molar-refractivity contribution in [2.45, 2.75) is 6.92 Å². The second-order valence-electron chi connectivity index (χ2n) is 4.72. The summed E-state index contributed by atoms with van der Waals surface area (Å²) in [4.78, 5) is 30.9. The Morgan fingerprint density at radius 1 is 1.27 bits per heavy atom. The number of para-hydroxylation sites is 2. The molecule has 2 amide bonds. The van der Waals surface area contributed by atoms with Crippen molar-refractivity contribution in [2.75, 3.05) is 11.9 Å². The van der Waals surface area contributed by atoms with Crippen molar-refractivity contribution in [1.29, 1.82) is 0 Å². The fourth-order valence-corrected chi connectivity index (χ4v) is 2.06. The van der Waals surface area contributed by atoms with Crippen LogP contribution in [0.2, 0.25) is 0 Å². The summed E-state index contributed by atoms with van der Waals surface area (Å²) in [5.41, 5.74) is 2.00. The lowest BCUT2D eigenvalue weighted by molar-refractivity contribution is -0.115. The SMILES string of the molecule is Cc1occc1C(=O)NCC(=O)Nc1nc2ccccc2[nH]1. The standard InChI is InChI=1S/C15H14N4O3/c1-9-10(6-7-22-9)14(21)16-8-13(20)19-15-17-11-4-2-3-5-12(11)18-15/h2-7H,8H2,1H3,(H,16,21)(H2,17,18,19,20). The zero-order valence-corrected chi connectivity index (χ0v) is 11.8. The lowest BCUT2D eigenvalue weighted by Crippen LogP contribution is -2.33. The highest BCUT2D eigenvalue weighted by Gasteiger charge is 2.13. The van der Waals surface area contributed by atoms with E-state index in [1.807, 2.05) is 24.3 Å². The monoisotopic (exact) mass is 298 g/mol. The van der Waals surface area contributed by atoms with E-state index in [4.69, 9.17) is 4.42 Å². The Morgan fingerprint density at radius 2 is 2.09 bits per heavy atom. The molecule has 0 radical (unpaired) electrons. The van der Waals surface area contributed by atoms with E-state index in [0.717, 1.165) is 11.0 Å². The minimum absolute atomic E-state index is 0.152. The summed E-state index contributed by atoms with van der Waals surface area (Å²) in [7, 11) is 0. The molecule has 0 fully saturated rings. The summed E-state index contributed by atoms with van der Waals surface area (Å²) < 4.78 is 5.05. The average Bonchev–Trinajstić information content (AvgIpc) is 3.10. The minimum Gasteiger partial charge on any atom is -0.469 e. The molecule has 1 aromatic carbocycles. The Bertz CT molecular complexity index is 801. The number of hydrogen-bond donors (Lipinski definition) is 3. The van der Waals surface area contributed by atoms with Gasteiger partial charge in [-0.05, 0) is 25.1 Å². The number of nitrogens with one attached hydrogen (secondary N) is 3. The van der Waals surface area contributed by atoms with Crippen LogP contribution in [0.1, 0.15) is 16.1 Å². The normalized spacial score (nSPS) is 10.6. The van der Waals surface area contributed by atoms with Crippen LogP contribution in [-0.4, -0.2) is 28.3 Å². The summed E-state index contributed by atoms with van der Waals surface area (Å²) >= 11 is 0. The summed E-state index contributed by atoms with van der Waals surface area (Å²) in [6.07, 6.45) is 1.43. The van der Waals surface area contributed by atoms with Crippen LogP contribution in [0.5, 0.6) is 0 Å². The number of furan rings is 1. The number of anilines is 1. The number of carbonyl (C=O) groups excluding carboxylic acids is 2. The maximum atomic E-state index is 11.8. The Kier molecular flexibility index (Phi) is 3.61. The molecule has 0 aliphatic carbocycles. The fourth-order valence-electron chi connectivity index (χ4n) is 2.06. The number of carbonyl (C=O) groups is 2. The predicted molar refractivity (Wildman–Crippen MR) is 80.5 cm³/mol. The molecule has 3 rings (SSSR count). The number of hydrogen-bond acceptors (Lipinski definition) is 4. The van der Waals surface area contributed by atoms with Gasteiger partial charge in [0.1, 0.15) is 5.76 Å². The number of benzene rings is 1. The molecular formula is C15H14N4O3. The lowest BCUT2D eigenvalue weighted by atomic mass is 10.2. The number of H-pyrrole nitrogens is 1. The van der Waals surface area contributed by atoms with Gasteiger partial charge in [-0.3, -0.25) is 14.9 Å². The number of fused-ring (bicyclic) bond motifs is 1. The van der Waals surface area contributed by atoms with E-state index >= 15 is 0 Å². The van der Waals surface area contributed by atoms with Gasteiger partial charge in [-0.15, -0.1) is 0 Å². The van der Waals surface area contributed by atoms with Crippen molar-refractivity contribution >= 4 is 28.8 Å². The Labute approximate surface area is 125 Å².